The van der Waals surface area contributed by atoms with E-state index in [1.165, 1.54) is 18.2 Å². The molecule has 0 aliphatic rings. The van der Waals surface area contributed by atoms with Crippen molar-refractivity contribution >= 4 is 24.3 Å². The largest absolute Gasteiger partial charge is 0.234 e. The van der Waals surface area contributed by atoms with E-state index in [0.717, 1.165) is 51.4 Å². The van der Waals surface area contributed by atoms with E-state index in [1.807, 2.05) is 6.92 Å². The van der Waals surface area contributed by atoms with E-state index in [0.29, 0.717) is 32.1 Å². The van der Waals surface area contributed by atoms with Crippen LogP contribution >= 0.6 is 0 Å². The van der Waals surface area contributed by atoms with Crippen LogP contribution in [0.3, 0.4) is 0 Å². The Balaban J connectivity index is 0. The third-order valence-electron chi connectivity index (χ3n) is 4.25. The summed E-state index contributed by atoms with van der Waals surface area (Å²) in [7, 11) is 0. The normalized spacial score (nSPS) is 10.7. The first-order valence-electron chi connectivity index (χ1n) is 10.1. The Bertz CT molecular complexity index is 572. The van der Waals surface area contributed by atoms with E-state index in [4.69, 9.17) is 0 Å². The number of nitrogens with zero attached hydrogens (tertiary/aromatic N) is 4. The van der Waals surface area contributed by atoms with Crippen LogP contribution in [0.5, 0.6) is 0 Å². The maximum absolute atomic E-state index is 9.94. The Morgan fingerprint density at radius 3 is 1.52 bits per heavy atom. The third kappa shape index (κ3) is 25.5. The molecule has 0 amide bonds. The smallest absolute Gasteiger partial charge is 0.211 e. The van der Waals surface area contributed by atoms with Crippen LogP contribution in [-0.2, 0) is 19.2 Å². The fraction of sp³-hybridized carbons (Fsp3) is 0.810. The van der Waals surface area contributed by atoms with Crippen LogP contribution in [0.1, 0.15) is 72.1 Å². The number of hydrogen-bond donors (Lipinski definition) is 0. The van der Waals surface area contributed by atoms with Crippen LogP contribution in [0, 0.1) is 11.3 Å². The van der Waals surface area contributed by atoms with Gasteiger partial charge in [-0.25, -0.2) is 39.1 Å². The van der Waals surface area contributed by atoms with E-state index >= 15 is 0 Å². The Hall–Kier alpha value is -2.48. The summed E-state index contributed by atoms with van der Waals surface area (Å²) in [5.74, 6) is 0.349. The highest BCUT2D eigenvalue weighted by Crippen LogP contribution is 2.29. The van der Waals surface area contributed by atoms with E-state index in [2.05, 4.69) is 33.8 Å². The quantitative estimate of drug-likeness (QED) is 0.218. The van der Waals surface area contributed by atoms with Gasteiger partial charge in [-0.15, -0.1) is 0 Å². The zero-order valence-corrected chi connectivity index (χ0v) is 18.0. The SMILES string of the molecule is CC(CN=C=O)CC(C)(C)CCN=C=O.O=C=NCCCCCCCCN=C=O. The zero-order valence-electron chi connectivity index (χ0n) is 18.0. The average Bonchev–Trinajstić information content (AvgIpc) is 2.68. The molecule has 0 aromatic heterocycles. The van der Waals surface area contributed by atoms with Crippen molar-refractivity contribution in [1.82, 2.24) is 0 Å². The van der Waals surface area contributed by atoms with Gasteiger partial charge in [-0.2, -0.15) is 0 Å². The highest BCUT2D eigenvalue weighted by atomic mass is 16.1. The van der Waals surface area contributed by atoms with Crippen LogP contribution in [0.2, 0.25) is 0 Å². The number of isocyanates is 4. The Kier molecular flexibility index (Phi) is 21.6. The summed E-state index contributed by atoms with van der Waals surface area (Å²) in [6, 6.07) is 0. The summed E-state index contributed by atoms with van der Waals surface area (Å²) < 4.78 is 0. The molecule has 0 radical (unpaired) electrons. The number of aliphatic imine (C=N–C) groups is 4. The summed E-state index contributed by atoms with van der Waals surface area (Å²) >= 11 is 0. The monoisotopic (exact) mass is 406 g/mol. The summed E-state index contributed by atoms with van der Waals surface area (Å²) in [5, 5.41) is 0. The number of rotatable bonds is 16. The van der Waals surface area contributed by atoms with Crippen molar-refractivity contribution in [2.24, 2.45) is 31.3 Å². The molecule has 8 nitrogen and oxygen atoms in total. The van der Waals surface area contributed by atoms with Gasteiger partial charge in [0.05, 0.1) is 26.2 Å². The first kappa shape index (κ1) is 28.7. The third-order valence-corrected chi connectivity index (χ3v) is 4.25. The van der Waals surface area contributed by atoms with Gasteiger partial charge >= 0.3 is 0 Å². The summed E-state index contributed by atoms with van der Waals surface area (Å²) in [6.07, 6.45) is 14.3. The first-order valence-corrected chi connectivity index (χ1v) is 10.1. The molecule has 0 saturated carbocycles. The van der Waals surface area contributed by atoms with E-state index < -0.39 is 0 Å². The number of hydrogen-bond acceptors (Lipinski definition) is 8. The molecule has 0 aliphatic carbocycles. The molecule has 0 aromatic carbocycles. The zero-order chi connectivity index (χ0) is 22.2. The highest BCUT2D eigenvalue weighted by Gasteiger charge is 2.20. The van der Waals surface area contributed by atoms with Gasteiger partial charge < -0.3 is 0 Å². The molecule has 1 unspecified atom stereocenters. The van der Waals surface area contributed by atoms with Gasteiger partial charge in [0.2, 0.25) is 24.3 Å². The lowest BCUT2D eigenvalue weighted by Gasteiger charge is -2.26. The minimum atomic E-state index is 0.109. The molecule has 0 aromatic rings. The second-order valence-electron chi connectivity index (χ2n) is 7.70. The van der Waals surface area contributed by atoms with Crippen LogP contribution < -0.4 is 0 Å². The van der Waals surface area contributed by atoms with Crippen molar-refractivity contribution in [2.45, 2.75) is 72.1 Å². The first-order chi connectivity index (χ1) is 13.9. The molecule has 162 valence electrons. The highest BCUT2D eigenvalue weighted by molar-refractivity contribution is 5.33. The molecule has 0 saturated heterocycles. The molecule has 0 rings (SSSR count). The molecule has 0 heterocycles. The lowest BCUT2D eigenvalue weighted by Crippen LogP contribution is -2.18. The van der Waals surface area contributed by atoms with Crippen molar-refractivity contribution in [3.8, 4) is 0 Å². The van der Waals surface area contributed by atoms with Gasteiger partial charge in [0.1, 0.15) is 0 Å². The van der Waals surface area contributed by atoms with E-state index in [1.54, 1.807) is 6.08 Å². The van der Waals surface area contributed by atoms with E-state index in [-0.39, 0.29) is 5.41 Å². The molecule has 1 atom stereocenters. The maximum atomic E-state index is 9.94. The van der Waals surface area contributed by atoms with E-state index in [9.17, 15) is 19.2 Å². The molecule has 0 spiro atoms. The fourth-order valence-electron chi connectivity index (χ4n) is 2.89. The molecular formula is C21H34N4O4. The topological polar surface area (TPSA) is 118 Å². The van der Waals surface area contributed by atoms with Crippen molar-refractivity contribution in [2.75, 3.05) is 26.2 Å². The second kappa shape index (κ2) is 21.8. The lowest BCUT2D eigenvalue weighted by molar-refractivity contribution is 0.264. The number of carbonyl (C=O) groups excluding carboxylic acids is 4. The molecule has 29 heavy (non-hydrogen) atoms. The van der Waals surface area contributed by atoms with Gasteiger partial charge in [0.15, 0.2) is 0 Å². The molecule has 0 N–H and O–H groups in total. The van der Waals surface area contributed by atoms with Crippen molar-refractivity contribution in [1.29, 1.82) is 0 Å². The van der Waals surface area contributed by atoms with Crippen molar-refractivity contribution in [3.63, 3.8) is 0 Å². The van der Waals surface area contributed by atoms with Crippen LogP contribution in [0.4, 0.5) is 0 Å². The standard InChI is InChI=1S/C11H18N2O2.C10H16N2O2/c1-10(7-13-9-15)6-11(2,3)4-5-12-8-14;13-9-11-7-5-3-1-2-4-6-8-12-10-14/h10H,4-7H2,1-3H3;1-8H2. The van der Waals surface area contributed by atoms with Crippen LogP contribution in [0.15, 0.2) is 20.0 Å². The number of unbranched alkanes of at least 4 members (excludes halogenated alkanes) is 5. The van der Waals surface area contributed by atoms with Crippen molar-refractivity contribution in [3.05, 3.63) is 0 Å². The lowest BCUT2D eigenvalue weighted by atomic mass is 9.80. The summed E-state index contributed by atoms with van der Waals surface area (Å²) in [4.78, 5) is 53.3. The molecular weight excluding hydrogens is 372 g/mol. The van der Waals surface area contributed by atoms with Gasteiger partial charge in [0.25, 0.3) is 0 Å². The fourth-order valence-corrected chi connectivity index (χ4v) is 2.89. The molecule has 0 bridgehead atoms. The Labute approximate surface area is 173 Å². The van der Waals surface area contributed by atoms with Gasteiger partial charge in [-0.05, 0) is 37.0 Å². The van der Waals surface area contributed by atoms with Gasteiger partial charge in [0, 0.05) is 0 Å². The Morgan fingerprint density at radius 1 is 0.655 bits per heavy atom. The van der Waals surface area contributed by atoms with Crippen LogP contribution in [-0.4, -0.2) is 50.5 Å². The predicted octanol–water partition coefficient (Wildman–Crippen LogP) is 4.10. The summed E-state index contributed by atoms with van der Waals surface area (Å²) in [5.41, 5.74) is 0.109. The molecule has 0 aliphatic heterocycles. The molecule has 0 fully saturated rings. The predicted molar refractivity (Wildman–Crippen MR) is 112 cm³/mol. The Morgan fingerprint density at radius 2 is 1.07 bits per heavy atom. The minimum absolute atomic E-state index is 0.109. The van der Waals surface area contributed by atoms with Gasteiger partial charge in [-0.3, -0.25) is 0 Å². The second-order valence-corrected chi connectivity index (χ2v) is 7.70. The van der Waals surface area contributed by atoms with Crippen molar-refractivity contribution < 1.29 is 19.2 Å². The average molecular weight is 407 g/mol. The minimum Gasteiger partial charge on any atom is -0.211 e. The summed E-state index contributed by atoms with van der Waals surface area (Å²) in [6.45, 7) is 8.51. The molecule has 8 heteroatoms. The van der Waals surface area contributed by atoms with Gasteiger partial charge in [-0.1, -0.05) is 46.5 Å². The van der Waals surface area contributed by atoms with Crippen LogP contribution in [0.25, 0.3) is 0 Å². The maximum Gasteiger partial charge on any atom is 0.234 e.